The minimum atomic E-state index is -0.378. The van der Waals surface area contributed by atoms with Crippen molar-refractivity contribution in [1.82, 2.24) is 9.55 Å². The lowest BCUT2D eigenvalue weighted by molar-refractivity contribution is -0.385. The maximum absolute atomic E-state index is 10.9. The van der Waals surface area contributed by atoms with Gasteiger partial charge < -0.3 is 10.3 Å². The highest BCUT2D eigenvalue weighted by atomic mass is 32.2. The number of hydrogen-bond donors (Lipinski definition) is 1. The maximum Gasteiger partial charge on any atom is 0.270 e. The molecule has 118 valence electrons. The summed E-state index contributed by atoms with van der Waals surface area (Å²) in [6, 6.07) is 6.66. The number of non-ortho nitro benzene ring substituents is 1. The molecule has 1 aromatic carbocycles. The third-order valence-corrected chi connectivity index (χ3v) is 4.48. The summed E-state index contributed by atoms with van der Waals surface area (Å²) in [7, 11) is 1.96. The molecule has 0 fully saturated rings. The van der Waals surface area contributed by atoms with Gasteiger partial charge in [0.1, 0.15) is 10.9 Å². The van der Waals surface area contributed by atoms with Crippen molar-refractivity contribution in [3.8, 4) is 0 Å². The number of aromatic nitrogens is 2. The molecular weight excluding hydrogens is 300 g/mol. The first-order valence-corrected chi connectivity index (χ1v) is 7.93. The van der Waals surface area contributed by atoms with Crippen LogP contribution in [-0.2, 0) is 13.5 Å². The Morgan fingerprint density at radius 3 is 2.77 bits per heavy atom. The summed E-state index contributed by atoms with van der Waals surface area (Å²) in [4.78, 5) is 16.0. The first-order chi connectivity index (χ1) is 10.4. The molecule has 0 amide bonds. The van der Waals surface area contributed by atoms with E-state index in [1.165, 1.54) is 17.8 Å². The zero-order valence-corrected chi connectivity index (χ0v) is 13.8. The largest absolute Gasteiger partial charge is 0.330 e. The lowest BCUT2D eigenvalue weighted by Gasteiger charge is -2.08. The molecule has 0 saturated carbocycles. The molecular formula is C15H20N4O2S. The Hall–Kier alpha value is -1.86. The van der Waals surface area contributed by atoms with Crippen LogP contribution < -0.4 is 5.73 Å². The minimum absolute atomic E-state index is 0.0976. The highest BCUT2D eigenvalue weighted by molar-refractivity contribution is 7.99. The molecule has 1 heterocycles. The molecule has 2 N–H and O–H groups in total. The Kier molecular flexibility index (Phi) is 5.20. The third kappa shape index (κ3) is 3.48. The monoisotopic (exact) mass is 320 g/mol. The summed E-state index contributed by atoms with van der Waals surface area (Å²) in [5.41, 5.74) is 6.74. The number of benzene rings is 1. The van der Waals surface area contributed by atoms with Gasteiger partial charge in [-0.3, -0.25) is 10.1 Å². The van der Waals surface area contributed by atoms with Crippen LogP contribution in [-0.4, -0.2) is 21.0 Å². The SMILES string of the molecule is CC(C)c1nc(CCN)n(C)c1Sc1cccc([N+](=O)[O-])c1. The molecule has 6 nitrogen and oxygen atoms in total. The van der Waals surface area contributed by atoms with Crippen LogP contribution in [0.2, 0.25) is 0 Å². The maximum atomic E-state index is 10.9. The fourth-order valence-electron chi connectivity index (χ4n) is 2.17. The zero-order chi connectivity index (χ0) is 16.3. The lowest BCUT2D eigenvalue weighted by Crippen LogP contribution is -2.08. The van der Waals surface area contributed by atoms with E-state index in [4.69, 9.17) is 5.73 Å². The summed E-state index contributed by atoms with van der Waals surface area (Å²) in [5.74, 6) is 1.22. The van der Waals surface area contributed by atoms with Crippen LogP contribution in [0, 0.1) is 10.1 Å². The number of imidazole rings is 1. The zero-order valence-electron chi connectivity index (χ0n) is 12.9. The van der Waals surface area contributed by atoms with Crippen LogP contribution in [0.5, 0.6) is 0 Å². The summed E-state index contributed by atoms with van der Waals surface area (Å²) in [6.07, 6.45) is 0.714. The number of nitrogens with zero attached hydrogens (tertiary/aromatic N) is 3. The topological polar surface area (TPSA) is 87.0 Å². The van der Waals surface area contributed by atoms with E-state index in [-0.39, 0.29) is 16.5 Å². The van der Waals surface area contributed by atoms with Crippen molar-refractivity contribution in [2.24, 2.45) is 12.8 Å². The predicted octanol–water partition coefficient (Wildman–Crippen LogP) is 3.10. The van der Waals surface area contributed by atoms with Crippen molar-refractivity contribution in [1.29, 1.82) is 0 Å². The Balaban J connectivity index is 2.39. The van der Waals surface area contributed by atoms with Crippen LogP contribution in [0.4, 0.5) is 5.69 Å². The highest BCUT2D eigenvalue weighted by Gasteiger charge is 2.18. The predicted molar refractivity (Wildman–Crippen MR) is 87.3 cm³/mol. The van der Waals surface area contributed by atoms with Crippen LogP contribution in [0.3, 0.4) is 0 Å². The van der Waals surface area contributed by atoms with Crippen LogP contribution >= 0.6 is 11.8 Å². The Labute approximate surface area is 133 Å². The van der Waals surface area contributed by atoms with Gasteiger partial charge >= 0.3 is 0 Å². The Bertz CT molecular complexity index is 682. The molecule has 2 aromatic rings. The van der Waals surface area contributed by atoms with Gasteiger partial charge in [0.2, 0.25) is 0 Å². The van der Waals surface area contributed by atoms with Crippen LogP contribution in [0.1, 0.15) is 31.3 Å². The van der Waals surface area contributed by atoms with Gasteiger partial charge in [0.25, 0.3) is 5.69 Å². The molecule has 0 aliphatic rings. The van der Waals surface area contributed by atoms with Crippen molar-refractivity contribution in [3.63, 3.8) is 0 Å². The van der Waals surface area contributed by atoms with Gasteiger partial charge in [0, 0.05) is 30.5 Å². The second-order valence-electron chi connectivity index (χ2n) is 5.33. The van der Waals surface area contributed by atoms with Crippen molar-refractivity contribution < 1.29 is 4.92 Å². The van der Waals surface area contributed by atoms with Gasteiger partial charge in [-0.2, -0.15) is 0 Å². The summed E-state index contributed by atoms with van der Waals surface area (Å²) < 4.78 is 2.03. The van der Waals surface area contributed by atoms with Gasteiger partial charge in [-0.1, -0.05) is 31.7 Å². The van der Waals surface area contributed by atoms with Crippen molar-refractivity contribution in [3.05, 3.63) is 45.9 Å². The van der Waals surface area contributed by atoms with Gasteiger partial charge in [-0.05, 0) is 18.5 Å². The number of nitro groups is 1. The molecule has 0 aliphatic heterocycles. The summed E-state index contributed by atoms with van der Waals surface area (Å²) in [6.45, 7) is 4.72. The van der Waals surface area contributed by atoms with E-state index in [0.717, 1.165) is 21.4 Å². The molecule has 1 aromatic heterocycles. The van der Waals surface area contributed by atoms with E-state index < -0.39 is 0 Å². The van der Waals surface area contributed by atoms with E-state index in [1.54, 1.807) is 12.1 Å². The van der Waals surface area contributed by atoms with E-state index in [2.05, 4.69) is 18.8 Å². The molecule has 22 heavy (non-hydrogen) atoms. The molecule has 0 saturated heterocycles. The summed E-state index contributed by atoms with van der Waals surface area (Å²) >= 11 is 1.50. The molecule has 0 radical (unpaired) electrons. The average Bonchev–Trinajstić information content (AvgIpc) is 2.77. The summed E-state index contributed by atoms with van der Waals surface area (Å²) in [5, 5.41) is 11.9. The average molecular weight is 320 g/mol. The first-order valence-electron chi connectivity index (χ1n) is 7.12. The number of rotatable bonds is 6. The van der Waals surface area contributed by atoms with Crippen molar-refractivity contribution in [2.75, 3.05) is 6.54 Å². The van der Waals surface area contributed by atoms with Crippen LogP contribution in [0.15, 0.2) is 34.2 Å². The molecule has 0 bridgehead atoms. The first kappa shape index (κ1) is 16.5. The van der Waals surface area contributed by atoms with Gasteiger partial charge in [0.05, 0.1) is 10.6 Å². The molecule has 0 spiro atoms. The van der Waals surface area contributed by atoms with E-state index in [9.17, 15) is 10.1 Å². The van der Waals surface area contributed by atoms with Gasteiger partial charge in [-0.15, -0.1) is 0 Å². The lowest BCUT2D eigenvalue weighted by atomic mass is 10.1. The van der Waals surface area contributed by atoms with Gasteiger partial charge in [0.15, 0.2) is 0 Å². The van der Waals surface area contributed by atoms with Crippen LogP contribution in [0.25, 0.3) is 0 Å². The standard InChI is InChI=1S/C15H20N4O2S/c1-10(2)14-15(18(3)13(17-14)7-8-16)22-12-6-4-5-11(9-12)19(20)21/h4-6,9-10H,7-8,16H2,1-3H3. The smallest absolute Gasteiger partial charge is 0.270 e. The molecule has 2 rings (SSSR count). The molecule has 0 unspecified atom stereocenters. The molecule has 0 atom stereocenters. The number of nitrogens with two attached hydrogens (primary N) is 1. The number of nitro benzene ring substituents is 1. The van der Waals surface area contributed by atoms with Crippen molar-refractivity contribution >= 4 is 17.4 Å². The molecule has 0 aliphatic carbocycles. The second-order valence-corrected chi connectivity index (χ2v) is 6.39. The van der Waals surface area contributed by atoms with E-state index in [1.807, 2.05) is 17.7 Å². The Morgan fingerprint density at radius 1 is 1.45 bits per heavy atom. The van der Waals surface area contributed by atoms with E-state index >= 15 is 0 Å². The van der Waals surface area contributed by atoms with E-state index in [0.29, 0.717) is 13.0 Å². The Morgan fingerprint density at radius 2 is 2.18 bits per heavy atom. The quantitative estimate of drug-likeness (QED) is 0.653. The highest BCUT2D eigenvalue weighted by Crippen LogP contribution is 2.35. The third-order valence-electron chi connectivity index (χ3n) is 3.32. The number of hydrogen-bond acceptors (Lipinski definition) is 5. The minimum Gasteiger partial charge on any atom is -0.330 e. The normalized spacial score (nSPS) is 11.1. The second kappa shape index (κ2) is 6.93. The van der Waals surface area contributed by atoms with Crippen molar-refractivity contribution in [2.45, 2.75) is 36.1 Å². The van der Waals surface area contributed by atoms with Gasteiger partial charge in [-0.25, -0.2) is 4.98 Å². The fraction of sp³-hybridized carbons (Fsp3) is 0.400. The fourth-order valence-corrected chi connectivity index (χ4v) is 3.35. The molecule has 7 heteroatoms.